The Hall–Kier alpha value is 0.400. The van der Waals surface area contributed by atoms with Crippen molar-refractivity contribution in [2.45, 2.75) is 39.7 Å². The Bertz CT molecular complexity index is 126. The number of hydrogen-bond donors (Lipinski definition) is 1. The van der Waals surface area contributed by atoms with E-state index in [1.165, 1.54) is 6.42 Å². The molecule has 2 nitrogen and oxygen atoms in total. The summed E-state index contributed by atoms with van der Waals surface area (Å²) >= 11 is 3.55. The minimum atomic E-state index is 0.300. The molecule has 0 aromatic carbocycles. The molecular weight excluding hydrogens is 242 g/mol. The largest absolute Gasteiger partial charge is 0.396 e. The molecule has 0 saturated carbocycles. The van der Waals surface area contributed by atoms with E-state index in [9.17, 15) is 0 Å². The molecule has 0 spiro atoms. The monoisotopic (exact) mass is 265 g/mol. The summed E-state index contributed by atoms with van der Waals surface area (Å²) in [4.78, 5) is 2.45. The molecular formula is C11H24BrNO. The second-order valence-electron chi connectivity index (χ2n) is 4.09. The average Bonchev–Trinajstić information content (AvgIpc) is 2.18. The highest BCUT2D eigenvalue weighted by molar-refractivity contribution is 9.09. The second kappa shape index (κ2) is 8.69. The van der Waals surface area contributed by atoms with Gasteiger partial charge in [-0.05, 0) is 26.2 Å². The summed E-state index contributed by atoms with van der Waals surface area (Å²) < 4.78 is 0. The van der Waals surface area contributed by atoms with Gasteiger partial charge in [-0.3, -0.25) is 0 Å². The highest BCUT2D eigenvalue weighted by Gasteiger charge is 2.13. The summed E-state index contributed by atoms with van der Waals surface area (Å²) in [5, 5.41) is 9.88. The highest BCUT2D eigenvalue weighted by atomic mass is 79.9. The summed E-state index contributed by atoms with van der Waals surface area (Å²) in [5.74, 6) is 0.732. The maximum Gasteiger partial charge on any atom is 0.0443 e. The van der Waals surface area contributed by atoms with E-state index in [1.54, 1.807) is 0 Å². The first-order chi connectivity index (χ1) is 6.65. The smallest absolute Gasteiger partial charge is 0.0443 e. The Morgan fingerprint density at radius 3 is 2.36 bits per heavy atom. The molecule has 0 radical (unpaired) electrons. The van der Waals surface area contributed by atoms with Crippen molar-refractivity contribution in [3.05, 3.63) is 0 Å². The molecule has 0 aromatic rings. The van der Waals surface area contributed by atoms with Crippen LogP contribution in [0.3, 0.4) is 0 Å². The van der Waals surface area contributed by atoms with Gasteiger partial charge in [0, 0.05) is 31.1 Å². The SMILES string of the molecule is CCC(CBr)CN(CCCO)C(C)C. The first kappa shape index (κ1) is 14.4. The first-order valence-corrected chi connectivity index (χ1v) is 6.68. The van der Waals surface area contributed by atoms with E-state index in [0.29, 0.717) is 12.6 Å². The number of alkyl halides is 1. The Kier molecular flexibility index (Phi) is 8.94. The quantitative estimate of drug-likeness (QED) is 0.682. The number of rotatable bonds is 8. The van der Waals surface area contributed by atoms with Gasteiger partial charge in [-0.2, -0.15) is 0 Å². The summed E-state index contributed by atoms with van der Waals surface area (Å²) in [6.45, 7) is 9.12. The molecule has 1 unspecified atom stereocenters. The fraction of sp³-hybridized carbons (Fsp3) is 1.00. The molecule has 0 heterocycles. The van der Waals surface area contributed by atoms with Crippen LogP contribution in [0.4, 0.5) is 0 Å². The van der Waals surface area contributed by atoms with Gasteiger partial charge in [0.2, 0.25) is 0 Å². The van der Waals surface area contributed by atoms with Gasteiger partial charge in [0.25, 0.3) is 0 Å². The third kappa shape index (κ3) is 5.99. The van der Waals surface area contributed by atoms with Crippen LogP contribution in [0, 0.1) is 5.92 Å². The zero-order valence-corrected chi connectivity index (χ0v) is 11.3. The third-order valence-corrected chi connectivity index (χ3v) is 3.54. The summed E-state index contributed by atoms with van der Waals surface area (Å²) in [6, 6.07) is 0.578. The van der Waals surface area contributed by atoms with Crippen molar-refractivity contribution in [1.29, 1.82) is 0 Å². The van der Waals surface area contributed by atoms with Crippen LogP contribution in [-0.4, -0.2) is 41.1 Å². The molecule has 0 fully saturated rings. The van der Waals surface area contributed by atoms with E-state index in [1.807, 2.05) is 0 Å². The summed E-state index contributed by atoms with van der Waals surface area (Å²) in [6.07, 6.45) is 2.10. The lowest BCUT2D eigenvalue weighted by molar-refractivity contribution is 0.171. The fourth-order valence-corrected chi connectivity index (χ4v) is 2.12. The minimum Gasteiger partial charge on any atom is -0.396 e. The molecule has 0 aliphatic carbocycles. The Balaban J connectivity index is 3.93. The predicted octanol–water partition coefficient (Wildman–Crippen LogP) is 2.50. The van der Waals surface area contributed by atoms with Crippen molar-refractivity contribution in [3.8, 4) is 0 Å². The highest BCUT2D eigenvalue weighted by Crippen LogP contribution is 2.11. The van der Waals surface area contributed by atoms with E-state index < -0.39 is 0 Å². The predicted molar refractivity (Wildman–Crippen MR) is 66.0 cm³/mol. The van der Waals surface area contributed by atoms with E-state index >= 15 is 0 Å². The fourth-order valence-electron chi connectivity index (χ4n) is 1.45. The molecule has 0 saturated heterocycles. The van der Waals surface area contributed by atoms with E-state index in [0.717, 1.165) is 30.8 Å². The van der Waals surface area contributed by atoms with Gasteiger partial charge in [0.15, 0.2) is 0 Å². The van der Waals surface area contributed by atoms with Crippen LogP contribution in [0.1, 0.15) is 33.6 Å². The molecule has 1 N–H and O–H groups in total. The van der Waals surface area contributed by atoms with Crippen molar-refractivity contribution in [2.24, 2.45) is 5.92 Å². The number of halogens is 1. The van der Waals surface area contributed by atoms with Crippen molar-refractivity contribution in [3.63, 3.8) is 0 Å². The Morgan fingerprint density at radius 2 is 2.00 bits per heavy atom. The van der Waals surface area contributed by atoms with Gasteiger partial charge in [0.05, 0.1) is 0 Å². The van der Waals surface area contributed by atoms with Gasteiger partial charge in [-0.1, -0.05) is 29.3 Å². The van der Waals surface area contributed by atoms with Gasteiger partial charge in [0.1, 0.15) is 0 Å². The lowest BCUT2D eigenvalue weighted by atomic mass is 10.1. The minimum absolute atomic E-state index is 0.300. The van der Waals surface area contributed by atoms with Gasteiger partial charge >= 0.3 is 0 Å². The van der Waals surface area contributed by atoms with Crippen LogP contribution >= 0.6 is 15.9 Å². The maximum atomic E-state index is 8.81. The van der Waals surface area contributed by atoms with E-state index in [-0.39, 0.29) is 0 Å². The number of hydrogen-bond acceptors (Lipinski definition) is 2. The van der Waals surface area contributed by atoms with Gasteiger partial charge < -0.3 is 10.0 Å². The van der Waals surface area contributed by atoms with Gasteiger partial charge in [-0.15, -0.1) is 0 Å². The lowest BCUT2D eigenvalue weighted by Crippen LogP contribution is -2.36. The molecule has 86 valence electrons. The molecule has 0 aliphatic heterocycles. The van der Waals surface area contributed by atoms with Gasteiger partial charge in [-0.25, -0.2) is 0 Å². The van der Waals surface area contributed by atoms with Crippen molar-refractivity contribution in [2.75, 3.05) is 25.0 Å². The second-order valence-corrected chi connectivity index (χ2v) is 4.74. The van der Waals surface area contributed by atoms with Crippen LogP contribution in [0.5, 0.6) is 0 Å². The molecule has 14 heavy (non-hydrogen) atoms. The topological polar surface area (TPSA) is 23.5 Å². The van der Waals surface area contributed by atoms with Crippen molar-refractivity contribution in [1.82, 2.24) is 4.90 Å². The lowest BCUT2D eigenvalue weighted by Gasteiger charge is -2.29. The first-order valence-electron chi connectivity index (χ1n) is 5.56. The molecule has 1 atom stereocenters. The van der Waals surface area contributed by atoms with Crippen LogP contribution in [-0.2, 0) is 0 Å². The van der Waals surface area contributed by atoms with Crippen LogP contribution in [0.2, 0.25) is 0 Å². The molecule has 3 heteroatoms. The third-order valence-electron chi connectivity index (χ3n) is 2.62. The molecule has 0 aliphatic rings. The zero-order chi connectivity index (χ0) is 11.0. The maximum absolute atomic E-state index is 8.81. The van der Waals surface area contributed by atoms with Crippen LogP contribution < -0.4 is 0 Å². The van der Waals surface area contributed by atoms with Crippen molar-refractivity contribution >= 4 is 15.9 Å². The summed E-state index contributed by atoms with van der Waals surface area (Å²) in [5.41, 5.74) is 0. The summed E-state index contributed by atoms with van der Waals surface area (Å²) in [7, 11) is 0. The number of aliphatic hydroxyl groups excluding tert-OH is 1. The number of nitrogens with zero attached hydrogens (tertiary/aromatic N) is 1. The normalized spacial score (nSPS) is 13.9. The Morgan fingerprint density at radius 1 is 1.36 bits per heavy atom. The zero-order valence-electron chi connectivity index (χ0n) is 9.67. The van der Waals surface area contributed by atoms with Crippen LogP contribution in [0.15, 0.2) is 0 Å². The molecule has 0 rings (SSSR count). The molecule has 0 bridgehead atoms. The standard InChI is InChI=1S/C11H24BrNO/c1-4-11(8-12)9-13(10(2)3)6-5-7-14/h10-11,14H,4-9H2,1-3H3. The van der Waals surface area contributed by atoms with Crippen molar-refractivity contribution < 1.29 is 5.11 Å². The molecule has 0 aromatic heterocycles. The van der Waals surface area contributed by atoms with E-state index in [2.05, 4.69) is 41.6 Å². The van der Waals surface area contributed by atoms with Crippen LogP contribution in [0.25, 0.3) is 0 Å². The number of aliphatic hydroxyl groups is 1. The Labute approximate surface area is 96.8 Å². The van der Waals surface area contributed by atoms with E-state index in [4.69, 9.17) is 5.11 Å². The molecule has 0 amide bonds. The average molecular weight is 266 g/mol.